The van der Waals surface area contributed by atoms with Gasteiger partial charge in [-0.2, -0.15) is 0 Å². The van der Waals surface area contributed by atoms with E-state index in [2.05, 4.69) is 0 Å². The number of unbranched alkanes of at least 4 members (excludes halogenated alkanes) is 2. The quantitative estimate of drug-likeness (QED) is 0.331. The molecule has 2 aliphatic heterocycles. The third-order valence-electron chi connectivity index (χ3n) is 8.02. The molecule has 0 radical (unpaired) electrons. The number of hydrogen-bond acceptors (Lipinski definition) is 8. The molecule has 6 rings (SSSR count). The van der Waals surface area contributed by atoms with Crippen molar-refractivity contribution < 1.29 is 44.5 Å². The first-order valence-corrected chi connectivity index (χ1v) is 12.2. The van der Waals surface area contributed by atoms with E-state index in [0.717, 1.165) is 43.6 Å². The van der Waals surface area contributed by atoms with Crippen LogP contribution in [0.4, 0.5) is 0 Å². The lowest BCUT2D eigenvalue weighted by Crippen LogP contribution is -2.60. The van der Waals surface area contributed by atoms with E-state index in [1.54, 1.807) is 0 Å². The highest BCUT2D eigenvalue weighted by Gasteiger charge is 2.56. The van der Waals surface area contributed by atoms with Crippen LogP contribution in [0.1, 0.15) is 64.7 Å². The number of carboxylic acid groups (broad SMARTS) is 1. The smallest absolute Gasteiger partial charge is 0.335 e. The number of ether oxygens (including phenoxy) is 2. The summed E-state index contributed by atoms with van der Waals surface area (Å²) in [6.45, 7) is 3.18. The summed E-state index contributed by atoms with van der Waals surface area (Å²) in [4.78, 5) is 21.0. The molecule has 9 nitrogen and oxygen atoms in total. The van der Waals surface area contributed by atoms with Gasteiger partial charge in [-0.15, -0.1) is 0 Å². The van der Waals surface area contributed by atoms with E-state index in [1.165, 1.54) is 38.5 Å². The van der Waals surface area contributed by atoms with Gasteiger partial charge in [-0.05, 0) is 62.7 Å². The summed E-state index contributed by atoms with van der Waals surface area (Å²) in [6, 6.07) is 0. The number of rotatable bonds is 7. The SMILES string of the molecule is C1C2CC3CC1CC(C1COO1)(C2)C3.CCCCCOC1O[C@H](C(=O)O)[C@@H](O)[C@H](O)[C@H]1O. The first-order chi connectivity index (χ1) is 15.3. The van der Waals surface area contributed by atoms with Gasteiger partial charge in [0.05, 0.1) is 0 Å². The lowest BCUT2D eigenvalue weighted by Gasteiger charge is -2.59. The van der Waals surface area contributed by atoms with Crippen LogP contribution in [0.5, 0.6) is 0 Å². The average molecular weight is 459 g/mol. The molecule has 0 aromatic heterocycles. The maximum atomic E-state index is 10.8. The molecule has 2 heterocycles. The molecular weight excluding hydrogens is 420 g/mol. The number of carbonyl (C=O) groups is 1. The Hall–Kier alpha value is -0.810. The van der Waals surface area contributed by atoms with Crippen LogP contribution in [0.25, 0.3) is 0 Å². The Morgan fingerprint density at radius 1 is 0.969 bits per heavy atom. The van der Waals surface area contributed by atoms with Gasteiger partial charge in [0.1, 0.15) is 31.0 Å². The highest BCUT2D eigenvalue weighted by molar-refractivity contribution is 5.73. The standard InChI is InChI=1S/C12H18O2.C11H20O7/c1-8-2-10-3-9(1)5-12(4-8,6-10)11-7-13-14-11;1-2-3-4-5-17-11-8(14)6(12)7(13)9(18-11)10(15)16/h8-11H,1-7H2;6-9,11-14H,2-5H2,1H3,(H,15,16)/t;6-,7-,8+,9-,11?/m.0/s1. The number of aliphatic hydroxyl groups excluding tert-OH is 3. The summed E-state index contributed by atoms with van der Waals surface area (Å²) < 4.78 is 10.1. The summed E-state index contributed by atoms with van der Waals surface area (Å²) in [6.07, 6.45) is 4.45. The zero-order valence-corrected chi connectivity index (χ0v) is 18.8. The summed E-state index contributed by atoms with van der Waals surface area (Å²) in [5.41, 5.74) is 0.549. The molecule has 4 N–H and O–H groups in total. The minimum absolute atomic E-state index is 0.296. The Labute approximate surface area is 188 Å². The average Bonchev–Trinajstić information content (AvgIpc) is 2.68. The normalized spacial score (nSPS) is 46.8. The van der Waals surface area contributed by atoms with Gasteiger partial charge in [-0.25, -0.2) is 14.6 Å². The van der Waals surface area contributed by atoms with Gasteiger partial charge < -0.3 is 29.9 Å². The minimum Gasteiger partial charge on any atom is -0.479 e. The molecule has 6 aliphatic rings. The summed E-state index contributed by atoms with van der Waals surface area (Å²) in [5.74, 6) is 1.69. The van der Waals surface area contributed by atoms with Crippen molar-refractivity contribution in [2.45, 2.75) is 102 Å². The topological polar surface area (TPSA) is 135 Å². The first-order valence-electron chi connectivity index (χ1n) is 12.2. The Bertz CT molecular complexity index is 602. The van der Waals surface area contributed by atoms with Crippen LogP contribution in [-0.4, -0.2) is 76.4 Å². The van der Waals surface area contributed by atoms with Crippen molar-refractivity contribution in [2.75, 3.05) is 13.2 Å². The fraction of sp³-hybridized carbons (Fsp3) is 0.957. The molecule has 4 bridgehead atoms. The van der Waals surface area contributed by atoms with Crippen LogP contribution in [0.15, 0.2) is 0 Å². The van der Waals surface area contributed by atoms with Gasteiger partial charge in [0.15, 0.2) is 12.4 Å². The third kappa shape index (κ3) is 4.99. The lowest BCUT2D eigenvalue weighted by atomic mass is 9.48. The van der Waals surface area contributed by atoms with Crippen molar-refractivity contribution >= 4 is 5.97 Å². The van der Waals surface area contributed by atoms with Crippen LogP contribution in [0.3, 0.4) is 0 Å². The molecule has 0 aromatic carbocycles. The maximum Gasteiger partial charge on any atom is 0.335 e. The van der Waals surface area contributed by atoms with Crippen molar-refractivity contribution in [1.82, 2.24) is 0 Å². The van der Waals surface area contributed by atoms with E-state index >= 15 is 0 Å². The molecule has 9 heteroatoms. The molecule has 4 saturated carbocycles. The maximum absolute atomic E-state index is 10.8. The number of aliphatic hydroxyl groups is 3. The van der Waals surface area contributed by atoms with Gasteiger partial charge in [-0.3, -0.25) is 0 Å². The van der Waals surface area contributed by atoms with Gasteiger partial charge in [0.25, 0.3) is 0 Å². The zero-order chi connectivity index (χ0) is 22.9. The number of aliphatic carboxylic acids is 1. The molecule has 2 saturated heterocycles. The number of hydrogen-bond donors (Lipinski definition) is 4. The van der Waals surface area contributed by atoms with Crippen molar-refractivity contribution in [3.8, 4) is 0 Å². The van der Waals surface area contributed by atoms with E-state index in [-0.39, 0.29) is 0 Å². The third-order valence-corrected chi connectivity index (χ3v) is 8.02. The zero-order valence-electron chi connectivity index (χ0n) is 18.8. The Morgan fingerprint density at radius 3 is 2.03 bits per heavy atom. The summed E-state index contributed by atoms with van der Waals surface area (Å²) in [7, 11) is 0. The van der Waals surface area contributed by atoms with E-state index in [1.807, 2.05) is 6.92 Å². The second-order valence-electron chi connectivity index (χ2n) is 10.5. The highest BCUT2D eigenvalue weighted by atomic mass is 17.2. The predicted molar refractivity (Wildman–Crippen MR) is 111 cm³/mol. The van der Waals surface area contributed by atoms with E-state index < -0.39 is 36.7 Å². The molecule has 4 aliphatic carbocycles. The fourth-order valence-corrected chi connectivity index (χ4v) is 6.73. The molecule has 2 unspecified atom stereocenters. The lowest BCUT2D eigenvalue weighted by molar-refractivity contribution is -0.454. The minimum atomic E-state index is -1.67. The van der Waals surface area contributed by atoms with Crippen molar-refractivity contribution in [3.63, 3.8) is 0 Å². The van der Waals surface area contributed by atoms with Gasteiger partial charge >= 0.3 is 5.97 Å². The second kappa shape index (κ2) is 10.2. The van der Waals surface area contributed by atoms with Gasteiger partial charge in [0.2, 0.25) is 0 Å². The van der Waals surface area contributed by atoms with Crippen molar-refractivity contribution in [3.05, 3.63) is 0 Å². The highest BCUT2D eigenvalue weighted by Crippen LogP contribution is 2.62. The van der Waals surface area contributed by atoms with Crippen LogP contribution in [0, 0.1) is 23.2 Å². The Balaban J connectivity index is 0.000000156. The molecule has 0 spiro atoms. The summed E-state index contributed by atoms with van der Waals surface area (Å²) >= 11 is 0. The Morgan fingerprint density at radius 2 is 1.56 bits per heavy atom. The Kier molecular flexibility index (Phi) is 7.76. The van der Waals surface area contributed by atoms with Crippen molar-refractivity contribution in [1.29, 1.82) is 0 Å². The molecule has 6 fully saturated rings. The van der Waals surface area contributed by atoms with Crippen LogP contribution >= 0.6 is 0 Å². The molecular formula is C23H38O9. The number of carboxylic acids is 1. The molecule has 32 heavy (non-hydrogen) atoms. The first kappa shape index (κ1) is 24.3. The monoisotopic (exact) mass is 458 g/mol. The fourth-order valence-electron chi connectivity index (χ4n) is 6.73. The van der Waals surface area contributed by atoms with E-state index in [0.29, 0.717) is 18.1 Å². The van der Waals surface area contributed by atoms with Gasteiger partial charge in [0, 0.05) is 12.0 Å². The van der Waals surface area contributed by atoms with Crippen molar-refractivity contribution in [2.24, 2.45) is 23.2 Å². The van der Waals surface area contributed by atoms with Crippen LogP contribution in [-0.2, 0) is 24.0 Å². The second-order valence-corrected chi connectivity index (χ2v) is 10.5. The predicted octanol–water partition coefficient (Wildman–Crippen LogP) is 1.62. The molecule has 6 atom stereocenters. The largest absolute Gasteiger partial charge is 0.479 e. The van der Waals surface area contributed by atoms with Crippen LogP contribution < -0.4 is 0 Å². The van der Waals surface area contributed by atoms with E-state index in [9.17, 15) is 20.1 Å². The van der Waals surface area contributed by atoms with Crippen LogP contribution in [0.2, 0.25) is 0 Å². The molecule has 0 amide bonds. The molecule has 0 aromatic rings. The van der Waals surface area contributed by atoms with E-state index in [4.69, 9.17) is 24.4 Å². The van der Waals surface area contributed by atoms with Gasteiger partial charge in [-0.1, -0.05) is 19.8 Å². The summed E-state index contributed by atoms with van der Waals surface area (Å²) in [5, 5.41) is 37.4. The molecule has 184 valence electrons.